The Morgan fingerprint density at radius 2 is 2.27 bits per heavy atom. The number of hydrogen-bond acceptors (Lipinski definition) is 10. The van der Waals surface area contributed by atoms with Gasteiger partial charge in [-0.25, -0.2) is 15.0 Å². The van der Waals surface area contributed by atoms with Crippen molar-refractivity contribution in [3.05, 3.63) is 24.8 Å². The topological polar surface area (TPSA) is 118 Å². The van der Waals surface area contributed by atoms with E-state index in [1.54, 1.807) is 22.3 Å². The molecule has 12 heteroatoms. The van der Waals surface area contributed by atoms with Crippen molar-refractivity contribution in [3.63, 3.8) is 0 Å². The van der Waals surface area contributed by atoms with Crippen molar-refractivity contribution >= 4 is 45.9 Å². The number of allylic oxidation sites excluding steroid dienone is 1. The van der Waals surface area contributed by atoms with Gasteiger partial charge >= 0.3 is 0 Å². The SMILES string of the molecule is C=C(C)[C@H]1CC[C@@]2(C)S[P@](=S)(O[C@H]3[C@@H](O)[C@H](n4cnc5c(N)ncnc54)O[C@@H]3CC)O[C@@H]2C1. The Morgan fingerprint density at radius 1 is 1.48 bits per heavy atom. The Labute approximate surface area is 202 Å². The molecule has 1 aliphatic carbocycles. The van der Waals surface area contributed by atoms with Crippen LogP contribution in [0.25, 0.3) is 11.2 Å². The lowest BCUT2D eigenvalue weighted by atomic mass is 9.77. The fourth-order valence-electron chi connectivity index (χ4n) is 5.05. The Hall–Kier alpha value is -1.07. The van der Waals surface area contributed by atoms with E-state index < -0.39 is 24.1 Å². The molecule has 2 saturated heterocycles. The lowest BCUT2D eigenvalue weighted by molar-refractivity contribution is -0.0355. The number of nitrogens with two attached hydrogens (primary N) is 1. The second-order valence-electron chi connectivity index (χ2n) is 9.38. The van der Waals surface area contributed by atoms with Crippen LogP contribution in [0.1, 0.15) is 52.7 Å². The number of fused-ring (bicyclic) bond motifs is 2. The van der Waals surface area contributed by atoms with Gasteiger partial charge in [-0.1, -0.05) is 30.5 Å². The highest BCUT2D eigenvalue weighted by Crippen LogP contribution is 2.76. The molecule has 2 aromatic heterocycles. The van der Waals surface area contributed by atoms with Crippen LogP contribution in [0.2, 0.25) is 0 Å². The molecule has 0 bridgehead atoms. The van der Waals surface area contributed by atoms with Gasteiger partial charge in [-0.15, -0.1) is 0 Å². The van der Waals surface area contributed by atoms with Gasteiger partial charge in [0.1, 0.15) is 24.1 Å². The fraction of sp³-hybridized carbons (Fsp3) is 0.667. The highest BCUT2D eigenvalue weighted by Gasteiger charge is 2.56. The molecule has 33 heavy (non-hydrogen) atoms. The first-order valence-electron chi connectivity index (χ1n) is 11.2. The van der Waals surface area contributed by atoms with Gasteiger partial charge in [0, 0.05) is 4.75 Å². The molecule has 2 aliphatic heterocycles. The van der Waals surface area contributed by atoms with E-state index in [9.17, 15) is 5.11 Å². The van der Waals surface area contributed by atoms with E-state index in [1.807, 2.05) is 6.92 Å². The van der Waals surface area contributed by atoms with E-state index in [1.165, 1.54) is 11.9 Å². The lowest BCUT2D eigenvalue weighted by Gasteiger charge is -2.37. The number of aromatic nitrogens is 4. The van der Waals surface area contributed by atoms with E-state index in [0.29, 0.717) is 23.5 Å². The Kier molecular flexibility index (Phi) is 6.13. The van der Waals surface area contributed by atoms with Crippen LogP contribution in [0, 0.1) is 5.92 Å². The predicted octanol–water partition coefficient (Wildman–Crippen LogP) is 3.95. The van der Waals surface area contributed by atoms with E-state index in [2.05, 4.69) is 35.4 Å². The summed E-state index contributed by atoms with van der Waals surface area (Å²) in [6.07, 6.45) is 3.96. The minimum absolute atomic E-state index is 0.0244. The van der Waals surface area contributed by atoms with Crippen LogP contribution in [0.5, 0.6) is 0 Å². The van der Waals surface area contributed by atoms with Crippen LogP contribution in [0.4, 0.5) is 5.82 Å². The summed E-state index contributed by atoms with van der Waals surface area (Å²) in [6.45, 7) is 10.4. The van der Waals surface area contributed by atoms with Gasteiger partial charge < -0.3 is 24.6 Å². The van der Waals surface area contributed by atoms with Crippen LogP contribution in [0.15, 0.2) is 24.8 Å². The number of nitrogen functional groups attached to an aromatic ring is 1. The molecule has 0 amide bonds. The van der Waals surface area contributed by atoms with Crippen molar-refractivity contribution in [1.29, 1.82) is 0 Å². The average Bonchev–Trinajstić information content (AvgIpc) is 3.39. The van der Waals surface area contributed by atoms with Gasteiger partial charge in [-0.3, -0.25) is 4.57 Å². The summed E-state index contributed by atoms with van der Waals surface area (Å²) in [6, 6.07) is 0. The molecule has 3 aliphatic rings. The molecule has 0 aromatic carbocycles. The molecule has 3 fully saturated rings. The molecular weight excluding hydrogens is 481 g/mol. The number of aliphatic hydroxyl groups excluding tert-OH is 1. The molecule has 0 spiro atoms. The Morgan fingerprint density at radius 3 is 3.00 bits per heavy atom. The summed E-state index contributed by atoms with van der Waals surface area (Å²) in [5.74, 6) is 0.725. The average molecular weight is 512 g/mol. The second-order valence-corrected chi connectivity index (χ2v) is 15.9. The highest BCUT2D eigenvalue weighted by atomic mass is 32.9. The smallest absolute Gasteiger partial charge is 0.248 e. The molecule has 3 N–H and O–H groups in total. The summed E-state index contributed by atoms with van der Waals surface area (Å²) in [5.41, 5.74) is 5.40. The summed E-state index contributed by atoms with van der Waals surface area (Å²) in [5, 5.41) is 11.3. The van der Waals surface area contributed by atoms with Crippen molar-refractivity contribution in [2.75, 3.05) is 5.73 Å². The number of aliphatic hydroxyl groups is 1. The molecular formula is C21H30N5O4PS2. The monoisotopic (exact) mass is 511 g/mol. The van der Waals surface area contributed by atoms with Crippen molar-refractivity contribution in [2.24, 2.45) is 5.92 Å². The molecule has 0 unspecified atom stereocenters. The number of ether oxygens (including phenoxy) is 1. The van der Waals surface area contributed by atoms with E-state index in [0.717, 1.165) is 19.3 Å². The zero-order valence-electron chi connectivity index (χ0n) is 19.0. The van der Waals surface area contributed by atoms with Gasteiger partial charge in [-0.2, -0.15) is 0 Å². The van der Waals surface area contributed by atoms with Gasteiger partial charge in [-0.05, 0) is 57.3 Å². The number of imidazole rings is 1. The number of anilines is 1. The summed E-state index contributed by atoms with van der Waals surface area (Å²) in [4.78, 5) is 12.6. The quantitative estimate of drug-likeness (QED) is 0.451. The first-order chi connectivity index (χ1) is 15.6. The van der Waals surface area contributed by atoms with Gasteiger partial charge in [0.2, 0.25) is 5.69 Å². The van der Waals surface area contributed by atoms with Gasteiger partial charge in [0.05, 0.1) is 18.5 Å². The molecule has 9 nitrogen and oxygen atoms in total. The fourth-order valence-corrected chi connectivity index (χ4v) is 12.6. The number of rotatable bonds is 5. The first-order valence-corrected chi connectivity index (χ1v) is 15.3. The van der Waals surface area contributed by atoms with Crippen LogP contribution in [-0.4, -0.2) is 53.8 Å². The zero-order chi connectivity index (χ0) is 23.5. The molecule has 4 heterocycles. The Balaban J connectivity index is 1.37. The zero-order valence-corrected chi connectivity index (χ0v) is 21.5. The van der Waals surface area contributed by atoms with E-state index in [-0.39, 0.29) is 22.8 Å². The second kappa shape index (κ2) is 8.55. The van der Waals surface area contributed by atoms with Crippen molar-refractivity contribution in [3.8, 4) is 0 Å². The first kappa shape index (κ1) is 23.7. The lowest BCUT2D eigenvalue weighted by Crippen LogP contribution is -2.39. The van der Waals surface area contributed by atoms with Gasteiger partial charge in [0.25, 0.3) is 0 Å². The maximum Gasteiger partial charge on any atom is 0.248 e. The summed E-state index contributed by atoms with van der Waals surface area (Å²) < 4.78 is 20.7. The van der Waals surface area contributed by atoms with Crippen molar-refractivity contribution in [2.45, 2.75) is 81.8 Å². The third-order valence-corrected chi connectivity index (χ3v) is 12.8. The maximum absolute atomic E-state index is 11.3. The largest absolute Gasteiger partial charge is 0.386 e. The molecule has 5 rings (SSSR count). The third-order valence-electron chi connectivity index (χ3n) is 7.07. The third kappa shape index (κ3) is 4.05. The molecule has 2 aromatic rings. The van der Waals surface area contributed by atoms with Gasteiger partial charge in [0.15, 0.2) is 17.7 Å². The van der Waals surface area contributed by atoms with Crippen LogP contribution >= 0.6 is 17.1 Å². The number of hydrogen-bond donors (Lipinski definition) is 2. The normalized spacial score (nSPS) is 40.8. The molecule has 0 radical (unpaired) electrons. The summed E-state index contributed by atoms with van der Waals surface area (Å²) in [7, 11) is 0. The van der Waals surface area contributed by atoms with Crippen LogP contribution in [0.3, 0.4) is 0 Å². The minimum Gasteiger partial charge on any atom is -0.386 e. The maximum atomic E-state index is 11.3. The Bertz CT molecular complexity index is 1130. The predicted molar refractivity (Wildman–Crippen MR) is 132 cm³/mol. The highest BCUT2D eigenvalue weighted by molar-refractivity contribution is 8.68. The van der Waals surface area contributed by atoms with Crippen LogP contribution in [-0.2, 0) is 25.6 Å². The minimum atomic E-state index is -2.68. The standard InChI is InChI=1S/C21H30N5O4PS2/c1-5-13-17(16(27)20(28-13)26-10-25-15-18(22)23-9-24-19(15)26)30-31(32)29-14-8-12(11(2)3)6-7-21(14,4)33-31/h9-10,12-14,16-17,20,27H,2,5-8H2,1,3-4H3,(H2,22,23,24)/t12-,13+,14+,16+,17+,20+,21+,31-/m0/s1. The van der Waals surface area contributed by atoms with E-state index >= 15 is 0 Å². The summed E-state index contributed by atoms with van der Waals surface area (Å²) >= 11 is 7.61. The van der Waals surface area contributed by atoms with Crippen molar-refractivity contribution in [1.82, 2.24) is 19.5 Å². The molecule has 1 saturated carbocycles. The molecule has 180 valence electrons. The number of nitrogens with zero attached hydrogens (tertiary/aromatic N) is 4. The van der Waals surface area contributed by atoms with E-state index in [4.69, 9.17) is 31.3 Å². The van der Waals surface area contributed by atoms with Crippen LogP contribution < -0.4 is 5.73 Å². The molecule has 8 atom stereocenters. The van der Waals surface area contributed by atoms with Crippen molar-refractivity contribution < 1.29 is 18.9 Å².